The van der Waals surface area contributed by atoms with Crippen LogP contribution in [-0.2, 0) is 22.6 Å². The standard InChI is InChI=1S/C16H19NO3S/c1-2-9-5-6-21-12(9)8-17-15(18)13-10-3-4-11(7-10)14(13)16(19)20/h3-6,10-11,13-14H,2,7-8H2,1H3,(H,17,18)(H,19,20). The first-order chi connectivity index (χ1) is 10.1. The normalized spacial score (nSPS) is 29.8. The molecule has 2 aliphatic rings. The summed E-state index contributed by atoms with van der Waals surface area (Å²) in [5.74, 6) is -1.83. The molecular formula is C16H19NO3S. The largest absolute Gasteiger partial charge is 0.481 e. The second-order valence-corrected chi connectivity index (χ2v) is 6.78. The van der Waals surface area contributed by atoms with Crippen LogP contribution in [-0.4, -0.2) is 17.0 Å². The van der Waals surface area contributed by atoms with Crippen LogP contribution in [0.25, 0.3) is 0 Å². The molecule has 4 unspecified atom stereocenters. The molecule has 1 heterocycles. The van der Waals surface area contributed by atoms with E-state index < -0.39 is 17.8 Å². The fourth-order valence-corrected chi connectivity index (χ4v) is 4.55. The van der Waals surface area contributed by atoms with E-state index in [1.807, 2.05) is 17.5 Å². The molecule has 1 aromatic heterocycles. The first-order valence-corrected chi connectivity index (χ1v) is 8.23. The summed E-state index contributed by atoms with van der Waals surface area (Å²) in [6.07, 6.45) is 5.72. The number of aliphatic carboxylic acids is 1. The van der Waals surface area contributed by atoms with Crippen LogP contribution in [0.2, 0.25) is 0 Å². The first kappa shape index (κ1) is 14.3. The molecule has 0 spiro atoms. The predicted molar refractivity (Wildman–Crippen MR) is 80.9 cm³/mol. The second kappa shape index (κ2) is 5.64. The number of fused-ring (bicyclic) bond motifs is 2. The lowest BCUT2D eigenvalue weighted by atomic mass is 9.82. The Morgan fingerprint density at radius 3 is 2.71 bits per heavy atom. The summed E-state index contributed by atoms with van der Waals surface area (Å²) in [4.78, 5) is 25.0. The van der Waals surface area contributed by atoms with E-state index in [-0.39, 0.29) is 17.7 Å². The third-order valence-corrected chi connectivity index (χ3v) is 5.65. The van der Waals surface area contributed by atoms with E-state index in [1.54, 1.807) is 11.3 Å². The van der Waals surface area contributed by atoms with Crippen molar-refractivity contribution in [2.75, 3.05) is 0 Å². The van der Waals surface area contributed by atoms with Gasteiger partial charge in [-0.2, -0.15) is 0 Å². The van der Waals surface area contributed by atoms with Crippen LogP contribution in [0.3, 0.4) is 0 Å². The van der Waals surface area contributed by atoms with Crippen LogP contribution < -0.4 is 5.32 Å². The SMILES string of the molecule is CCc1ccsc1CNC(=O)C1C2C=CC(C2)C1C(=O)O. The fourth-order valence-electron chi connectivity index (χ4n) is 3.64. The minimum Gasteiger partial charge on any atom is -0.481 e. The number of carboxylic acid groups (broad SMARTS) is 1. The topological polar surface area (TPSA) is 66.4 Å². The maximum absolute atomic E-state index is 12.4. The number of aryl methyl sites for hydroxylation is 1. The van der Waals surface area contributed by atoms with E-state index in [1.165, 1.54) is 5.56 Å². The monoisotopic (exact) mass is 305 g/mol. The van der Waals surface area contributed by atoms with E-state index >= 15 is 0 Å². The Kier molecular flexibility index (Phi) is 3.85. The zero-order valence-electron chi connectivity index (χ0n) is 11.9. The summed E-state index contributed by atoms with van der Waals surface area (Å²) in [7, 11) is 0. The van der Waals surface area contributed by atoms with Crippen molar-refractivity contribution in [3.8, 4) is 0 Å². The van der Waals surface area contributed by atoms with E-state index in [2.05, 4.69) is 18.3 Å². The highest BCUT2D eigenvalue weighted by atomic mass is 32.1. The smallest absolute Gasteiger partial charge is 0.307 e. The van der Waals surface area contributed by atoms with Crippen molar-refractivity contribution in [1.82, 2.24) is 5.32 Å². The van der Waals surface area contributed by atoms with Crippen molar-refractivity contribution in [3.63, 3.8) is 0 Å². The fraction of sp³-hybridized carbons (Fsp3) is 0.500. The summed E-state index contributed by atoms with van der Waals surface area (Å²) >= 11 is 1.64. The van der Waals surface area contributed by atoms with Crippen molar-refractivity contribution >= 4 is 23.2 Å². The Hall–Kier alpha value is -1.62. The summed E-state index contributed by atoms with van der Waals surface area (Å²) in [6, 6.07) is 2.08. The summed E-state index contributed by atoms with van der Waals surface area (Å²) in [5.41, 5.74) is 1.25. The number of thiophene rings is 1. The van der Waals surface area contributed by atoms with E-state index in [9.17, 15) is 14.7 Å². The van der Waals surface area contributed by atoms with Gasteiger partial charge in [-0.25, -0.2) is 0 Å². The molecule has 1 amide bonds. The van der Waals surface area contributed by atoms with Crippen molar-refractivity contribution in [3.05, 3.63) is 34.0 Å². The van der Waals surface area contributed by atoms with Gasteiger partial charge in [0.05, 0.1) is 18.4 Å². The van der Waals surface area contributed by atoms with Crippen LogP contribution >= 0.6 is 11.3 Å². The molecule has 2 bridgehead atoms. The van der Waals surface area contributed by atoms with Crippen LogP contribution in [0.1, 0.15) is 23.8 Å². The number of carbonyl (C=O) groups excluding carboxylic acids is 1. The third kappa shape index (κ3) is 2.50. The average Bonchev–Trinajstić information content (AvgIpc) is 3.18. The summed E-state index contributed by atoms with van der Waals surface area (Å²) in [5, 5.41) is 14.4. The second-order valence-electron chi connectivity index (χ2n) is 5.78. The maximum Gasteiger partial charge on any atom is 0.307 e. The van der Waals surface area contributed by atoms with Gasteiger partial charge in [-0.3, -0.25) is 9.59 Å². The van der Waals surface area contributed by atoms with Crippen LogP contribution in [0, 0.1) is 23.7 Å². The molecule has 2 N–H and O–H groups in total. The quantitative estimate of drug-likeness (QED) is 0.821. The minimum atomic E-state index is -0.850. The van der Waals surface area contributed by atoms with Crippen LogP contribution in [0.4, 0.5) is 0 Å². The van der Waals surface area contributed by atoms with E-state index in [0.29, 0.717) is 6.54 Å². The highest BCUT2D eigenvalue weighted by Crippen LogP contribution is 2.48. The number of carbonyl (C=O) groups is 2. The molecule has 2 aliphatic carbocycles. The molecule has 0 aliphatic heterocycles. The minimum absolute atomic E-state index is 0.0243. The molecule has 4 nitrogen and oxygen atoms in total. The lowest BCUT2D eigenvalue weighted by Crippen LogP contribution is -2.39. The first-order valence-electron chi connectivity index (χ1n) is 7.36. The Labute approximate surface area is 127 Å². The zero-order chi connectivity index (χ0) is 15.0. The number of amides is 1. The molecule has 0 saturated heterocycles. The van der Waals surface area contributed by atoms with Gasteiger partial charge in [0.2, 0.25) is 5.91 Å². The molecule has 0 aromatic carbocycles. The van der Waals surface area contributed by atoms with Gasteiger partial charge in [0, 0.05) is 4.88 Å². The van der Waals surface area contributed by atoms with E-state index in [4.69, 9.17) is 0 Å². The highest BCUT2D eigenvalue weighted by molar-refractivity contribution is 7.10. The van der Waals surface area contributed by atoms with Gasteiger partial charge in [-0.15, -0.1) is 11.3 Å². The number of hydrogen-bond donors (Lipinski definition) is 2. The molecule has 1 aromatic rings. The Morgan fingerprint density at radius 1 is 1.33 bits per heavy atom. The van der Waals surface area contributed by atoms with Gasteiger partial charge in [0.1, 0.15) is 0 Å². The van der Waals surface area contributed by atoms with Gasteiger partial charge in [-0.05, 0) is 41.7 Å². The van der Waals surface area contributed by atoms with Crippen molar-refractivity contribution in [2.24, 2.45) is 23.7 Å². The van der Waals surface area contributed by atoms with Crippen molar-refractivity contribution in [1.29, 1.82) is 0 Å². The summed E-state index contributed by atoms with van der Waals surface area (Å²) in [6.45, 7) is 2.60. The number of carboxylic acids is 1. The Balaban J connectivity index is 1.68. The average molecular weight is 305 g/mol. The van der Waals surface area contributed by atoms with E-state index in [0.717, 1.165) is 17.7 Å². The van der Waals surface area contributed by atoms with Gasteiger partial charge >= 0.3 is 5.97 Å². The number of rotatable bonds is 5. The summed E-state index contributed by atoms with van der Waals surface area (Å²) < 4.78 is 0. The van der Waals surface area contributed by atoms with Crippen LogP contribution in [0.5, 0.6) is 0 Å². The van der Waals surface area contributed by atoms with Gasteiger partial charge in [0.25, 0.3) is 0 Å². The molecule has 112 valence electrons. The molecule has 0 radical (unpaired) electrons. The molecule has 1 saturated carbocycles. The van der Waals surface area contributed by atoms with Gasteiger partial charge in [0.15, 0.2) is 0 Å². The lowest BCUT2D eigenvalue weighted by molar-refractivity contribution is -0.147. The molecule has 5 heteroatoms. The Bertz CT molecular complexity index is 592. The molecular weight excluding hydrogens is 286 g/mol. The molecule has 1 fully saturated rings. The number of hydrogen-bond acceptors (Lipinski definition) is 3. The number of nitrogens with one attached hydrogen (secondary N) is 1. The van der Waals surface area contributed by atoms with Crippen LogP contribution in [0.15, 0.2) is 23.6 Å². The highest BCUT2D eigenvalue weighted by Gasteiger charge is 2.51. The van der Waals surface area contributed by atoms with Gasteiger partial charge < -0.3 is 10.4 Å². The Morgan fingerprint density at radius 2 is 2.05 bits per heavy atom. The molecule has 3 rings (SSSR count). The van der Waals surface area contributed by atoms with Crippen molar-refractivity contribution < 1.29 is 14.7 Å². The zero-order valence-corrected chi connectivity index (χ0v) is 12.7. The lowest BCUT2D eigenvalue weighted by Gasteiger charge is -2.23. The van der Waals surface area contributed by atoms with Crippen molar-refractivity contribution in [2.45, 2.75) is 26.3 Å². The predicted octanol–water partition coefficient (Wildman–Crippen LogP) is 2.45. The third-order valence-electron chi connectivity index (χ3n) is 4.69. The van der Waals surface area contributed by atoms with Gasteiger partial charge in [-0.1, -0.05) is 19.1 Å². The maximum atomic E-state index is 12.4. The molecule has 21 heavy (non-hydrogen) atoms. The molecule has 4 atom stereocenters. The number of allylic oxidation sites excluding steroid dienone is 2.